The lowest BCUT2D eigenvalue weighted by Crippen LogP contribution is -2.33. The number of nitrogens with one attached hydrogen (secondary N) is 1. The maximum Gasteiger partial charge on any atom is 0.232 e. The highest BCUT2D eigenvalue weighted by molar-refractivity contribution is 7.92. The smallest absolute Gasteiger partial charge is 0.232 e. The lowest BCUT2D eigenvalue weighted by molar-refractivity contribution is -0.116. The molecule has 1 N–H and O–H groups in total. The molecule has 2 rings (SSSR count). The molecule has 0 saturated carbocycles. The zero-order valence-electron chi connectivity index (χ0n) is 16.0. The zero-order chi connectivity index (χ0) is 20.0. The van der Waals surface area contributed by atoms with Gasteiger partial charge in [0, 0.05) is 38.4 Å². The molecule has 0 fully saturated rings. The topological polar surface area (TPSA) is 79.0 Å². The van der Waals surface area contributed by atoms with Crippen molar-refractivity contribution >= 4 is 33.0 Å². The maximum absolute atomic E-state index is 12.2. The number of nitrogens with zero attached hydrogens (tertiary/aromatic N) is 2. The second-order valence-corrected chi connectivity index (χ2v) is 8.18. The van der Waals surface area contributed by atoms with E-state index in [0.717, 1.165) is 11.9 Å². The number of anilines is 3. The van der Waals surface area contributed by atoms with Gasteiger partial charge < -0.3 is 15.0 Å². The van der Waals surface area contributed by atoms with Crippen LogP contribution in [0.2, 0.25) is 0 Å². The lowest BCUT2D eigenvalue weighted by Gasteiger charge is -2.23. The molecule has 0 saturated heterocycles. The molecule has 0 aromatic heterocycles. The fraction of sp³-hybridized carbons (Fsp3) is 0.316. The first-order valence-corrected chi connectivity index (χ1v) is 10.2. The minimum absolute atomic E-state index is 0.0362. The number of benzene rings is 2. The fourth-order valence-corrected chi connectivity index (χ4v) is 3.43. The SMILES string of the molecule is COc1ccc(NC(=O)CCN(c2ccc(N(C)C)cc2)S(C)(=O)=O)cc1. The first-order chi connectivity index (χ1) is 12.7. The van der Waals surface area contributed by atoms with Crippen LogP contribution in [0.4, 0.5) is 17.1 Å². The average Bonchev–Trinajstić information content (AvgIpc) is 2.61. The number of hydrogen-bond acceptors (Lipinski definition) is 5. The Morgan fingerprint density at radius 2 is 1.56 bits per heavy atom. The molecule has 146 valence electrons. The Morgan fingerprint density at radius 1 is 1.00 bits per heavy atom. The zero-order valence-corrected chi connectivity index (χ0v) is 16.8. The maximum atomic E-state index is 12.2. The van der Waals surface area contributed by atoms with Crippen LogP contribution < -0.4 is 19.3 Å². The summed E-state index contributed by atoms with van der Waals surface area (Å²) in [7, 11) is 1.88. The molecule has 2 aromatic carbocycles. The highest BCUT2D eigenvalue weighted by Crippen LogP contribution is 2.22. The van der Waals surface area contributed by atoms with Crippen molar-refractivity contribution in [3.05, 3.63) is 48.5 Å². The van der Waals surface area contributed by atoms with Crippen molar-refractivity contribution in [2.24, 2.45) is 0 Å². The minimum atomic E-state index is -3.51. The Balaban J connectivity index is 2.04. The van der Waals surface area contributed by atoms with Gasteiger partial charge >= 0.3 is 0 Å². The van der Waals surface area contributed by atoms with Crippen molar-refractivity contribution in [2.75, 3.05) is 48.5 Å². The molecule has 0 aliphatic heterocycles. The molecule has 8 heteroatoms. The van der Waals surface area contributed by atoms with Crippen molar-refractivity contribution < 1.29 is 17.9 Å². The summed E-state index contributed by atoms with van der Waals surface area (Å²) in [5.74, 6) is 0.427. The van der Waals surface area contributed by atoms with Crippen molar-refractivity contribution in [1.82, 2.24) is 0 Å². The average molecular weight is 391 g/mol. The van der Waals surface area contributed by atoms with E-state index >= 15 is 0 Å². The highest BCUT2D eigenvalue weighted by atomic mass is 32.2. The Kier molecular flexibility index (Phi) is 6.68. The molecule has 0 aliphatic carbocycles. The number of carbonyl (C=O) groups is 1. The van der Waals surface area contributed by atoms with Crippen LogP contribution in [0, 0.1) is 0 Å². The van der Waals surface area contributed by atoms with Crippen LogP contribution in [0.1, 0.15) is 6.42 Å². The monoisotopic (exact) mass is 391 g/mol. The summed E-state index contributed by atoms with van der Waals surface area (Å²) < 4.78 is 30.6. The Labute approximate surface area is 160 Å². The summed E-state index contributed by atoms with van der Waals surface area (Å²) in [4.78, 5) is 14.1. The number of methoxy groups -OCH3 is 1. The number of rotatable bonds is 8. The molecule has 0 bridgehead atoms. The van der Waals surface area contributed by atoms with Crippen LogP contribution in [0.25, 0.3) is 0 Å². The molecule has 0 heterocycles. The van der Waals surface area contributed by atoms with Gasteiger partial charge in [0.25, 0.3) is 0 Å². The summed E-state index contributed by atoms with van der Waals surface area (Å²) in [5.41, 5.74) is 2.12. The molecule has 0 unspecified atom stereocenters. The third kappa shape index (κ3) is 5.89. The summed E-state index contributed by atoms with van der Waals surface area (Å²) in [6.45, 7) is 0.0577. The van der Waals surface area contributed by atoms with Gasteiger partial charge in [0.15, 0.2) is 0 Å². The first-order valence-electron chi connectivity index (χ1n) is 8.39. The van der Waals surface area contributed by atoms with E-state index in [1.807, 2.05) is 31.1 Å². The third-order valence-electron chi connectivity index (χ3n) is 3.97. The van der Waals surface area contributed by atoms with E-state index in [9.17, 15) is 13.2 Å². The van der Waals surface area contributed by atoms with Crippen molar-refractivity contribution in [3.8, 4) is 5.75 Å². The van der Waals surface area contributed by atoms with Crippen molar-refractivity contribution in [2.45, 2.75) is 6.42 Å². The summed E-state index contributed by atoms with van der Waals surface area (Å²) >= 11 is 0. The van der Waals surface area contributed by atoms with Gasteiger partial charge in [-0.25, -0.2) is 8.42 Å². The quantitative estimate of drug-likeness (QED) is 0.748. The van der Waals surface area contributed by atoms with E-state index in [4.69, 9.17) is 4.74 Å². The molecule has 27 heavy (non-hydrogen) atoms. The van der Waals surface area contributed by atoms with E-state index in [2.05, 4.69) is 5.32 Å². The van der Waals surface area contributed by atoms with Crippen molar-refractivity contribution in [1.29, 1.82) is 0 Å². The van der Waals surface area contributed by atoms with Crippen LogP contribution >= 0.6 is 0 Å². The second kappa shape index (κ2) is 8.77. The Hall–Kier alpha value is -2.74. The van der Waals surface area contributed by atoms with Crippen LogP contribution in [-0.4, -0.2) is 48.3 Å². The molecule has 0 aliphatic rings. The molecule has 0 radical (unpaired) electrons. The Morgan fingerprint density at radius 3 is 2.04 bits per heavy atom. The van der Waals surface area contributed by atoms with E-state index in [0.29, 0.717) is 17.1 Å². The number of amides is 1. The predicted molar refractivity (Wildman–Crippen MR) is 109 cm³/mol. The number of hydrogen-bond donors (Lipinski definition) is 1. The van der Waals surface area contributed by atoms with Gasteiger partial charge in [-0.05, 0) is 48.5 Å². The number of ether oxygens (including phenoxy) is 1. The fourth-order valence-electron chi connectivity index (χ4n) is 2.50. The van der Waals surface area contributed by atoms with Gasteiger partial charge in [0.1, 0.15) is 5.75 Å². The largest absolute Gasteiger partial charge is 0.497 e. The van der Waals surface area contributed by atoms with Crippen molar-refractivity contribution in [3.63, 3.8) is 0 Å². The molecular weight excluding hydrogens is 366 g/mol. The lowest BCUT2D eigenvalue weighted by atomic mass is 10.2. The van der Waals surface area contributed by atoms with E-state index < -0.39 is 10.0 Å². The van der Waals surface area contributed by atoms with Gasteiger partial charge in [-0.15, -0.1) is 0 Å². The Bertz CT molecular complexity index is 863. The summed E-state index contributed by atoms with van der Waals surface area (Å²) in [5, 5.41) is 2.75. The third-order valence-corrected chi connectivity index (χ3v) is 5.16. The standard InChI is InChI=1S/C19H25N3O4S/c1-21(2)16-7-9-17(10-8-16)22(27(4,24)25)14-13-19(23)20-15-5-11-18(26-3)12-6-15/h5-12H,13-14H2,1-4H3,(H,20,23). The second-order valence-electron chi connectivity index (χ2n) is 6.27. The molecule has 0 atom stereocenters. The molecule has 7 nitrogen and oxygen atoms in total. The van der Waals surface area contributed by atoms with Crippen LogP contribution in [0.5, 0.6) is 5.75 Å². The molecule has 1 amide bonds. The molecule has 0 spiro atoms. The highest BCUT2D eigenvalue weighted by Gasteiger charge is 2.18. The predicted octanol–water partition coefficient (Wildman–Crippen LogP) is 2.56. The number of carbonyl (C=O) groups excluding carboxylic acids is 1. The molecule has 2 aromatic rings. The normalized spacial score (nSPS) is 11.0. The molecular formula is C19H25N3O4S. The minimum Gasteiger partial charge on any atom is -0.497 e. The first kappa shape index (κ1) is 20.6. The number of sulfonamides is 1. The van der Waals surface area contributed by atoms with Gasteiger partial charge in [-0.2, -0.15) is 0 Å². The van der Waals surface area contributed by atoms with Gasteiger partial charge in [-0.1, -0.05) is 0 Å². The summed E-state index contributed by atoms with van der Waals surface area (Å²) in [6.07, 6.45) is 1.17. The van der Waals surface area contributed by atoms with E-state index in [-0.39, 0.29) is 18.9 Å². The van der Waals surface area contributed by atoms with Gasteiger partial charge in [0.05, 0.1) is 19.1 Å². The summed E-state index contributed by atoms with van der Waals surface area (Å²) in [6, 6.07) is 14.1. The van der Waals surface area contributed by atoms with Crippen LogP contribution in [0.15, 0.2) is 48.5 Å². The van der Waals surface area contributed by atoms with Crippen LogP contribution in [0.3, 0.4) is 0 Å². The van der Waals surface area contributed by atoms with Gasteiger partial charge in [0.2, 0.25) is 15.9 Å². The van der Waals surface area contributed by atoms with Gasteiger partial charge in [-0.3, -0.25) is 9.10 Å². The van der Waals surface area contributed by atoms with E-state index in [1.165, 1.54) is 4.31 Å². The van der Waals surface area contributed by atoms with E-state index in [1.54, 1.807) is 43.5 Å². The van der Waals surface area contributed by atoms with Crippen LogP contribution in [-0.2, 0) is 14.8 Å².